The Hall–Kier alpha value is -2.40. The van der Waals surface area contributed by atoms with Gasteiger partial charge in [-0.2, -0.15) is 0 Å². The molecule has 3 rings (SSSR count). The van der Waals surface area contributed by atoms with E-state index in [1.807, 2.05) is 37.3 Å². The normalized spacial score (nSPS) is 16.4. The minimum atomic E-state index is -0.213. The molecule has 0 radical (unpaired) electrons. The van der Waals surface area contributed by atoms with E-state index < -0.39 is 0 Å². The first-order valence-corrected chi connectivity index (χ1v) is 9.70. The van der Waals surface area contributed by atoms with Crippen LogP contribution in [0.15, 0.2) is 48.5 Å². The number of hydrogen-bond donors (Lipinski definition) is 2. The van der Waals surface area contributed by atoms with Crippen LogP contribution in [-0.4, -0.2) is 38.1 Å². The third-order valence-corrected chi connectivity index (χ3v) is 5.44. The number of benzene rings is 2. The minimum absolute atomic E-state index is 0.0633. The first-order valence-electron chi connectivity index (χ1n) is 9.70. The monoisotopic (exact) mass is 370 g/mol. The number of hydrogen-bond acceptors (Lipinski definition) is 2. The largest absolute Gasteiger partial charge is 0.360 e. The van der Waals surface area contributed by atoms with Crippen LogP contribution in [0.4, 0.5) is 15.8 Å². The van der Waals surface area contributed by atoms with Gasteiger partial charge in [0.25, 0.3) is 5.91 Å². The first kappa shape index (κ1) is 19.4. The Morgan fingerprint density at radius 3 is 2.30 bits per heavy atom. The number of nitrogens with one attached hydrogen (secondary N) is 2. The summed E-state index contributed by atoms with van der Waals surface area (Å²) in [5, 5.41) is 3.12. The number of anilines is 2. The molecule has 1 heterocycles. The molecular weight excluding hydrogens is 341 g/mol. The Kier molecular flexibility index (Phi) is 6.11. The van der Waals surface area contributed by atoms with Gasteiger partial charge in [-0.3, -0.25) is 4.79 Å². The van der Waals surface area contributed by atoms with Crippen LogP contribution in [0.25, 0.3) is 0 Å². The van der Waals surface area contributed by atoms with Gasteiger partial charge in [-0.25, -0.2) is 4.39 Å². The van der Waals surface area contributed by atoms with Crippen LogP contribution in [0.1, 0.15) is 32.3 Å². The second kappa shape index (κ2) is 8.53. The molecule has 0 saturated carbocycles. The highest BCUT2D eigenvalue weighted by Crippen LogP contribution is 2.23. The molecule has 1 fully saturated rings. The molecule has 27 heavy (non-hydrogen) atoms. The summed E-state index contributed by atoms with van der Waals surface area (Å²) in [6, 6.07) is 14.5. The summed E-state index contributed by atoms with van der Waals surface area (Å²) in [6.45, 7) is 9.76. The van der Waals surface area contributed by atoms with Crippen LogP contribution in [0.3, 0.4) is 0 Å². The van der Waals surface area contributed by atoms with Crippen molar-refractivity contribution >= 4 is 17.3 Å². The van der Waals surface area contributed by atoms with E-state index in [2.05, 4.69) is 30.1 Å². The fourth-order valence-corrected chi connectivity index (χ4v) is 3.68. The Balaban J connectivity index is 1.58. The van der Waals surface area contributed by atoms with E-state index in [9.17, 15) is 9.18 Å². The number of amides is 1. The maximum absolute atomic E-state index is 13.1. The van der Waals surface area contributed by atoms with Gasteiger partial charge in [0.1, 0.15) is 5.82 Å². The molecule has 0 bridgehead atoms. The number of quaternary nitrogens is 1. The van der Waals surface area contributed by atoms with E-state index in [1.54, 1.807) is 0 Å². The Bertz CT molecular complexity index is 767. The molecule has 1 atom stereocenters. The smallest absolute Gasteiger partial charge is 0.282 e. The van der Waals surface area contributed by atoms with Crippen LogP contribution in [0, 0.1) is 5.82 Å². The lowest BCUT2D eigenvalue weighted by Crippen LogP contribution is -3.19. The van der Waals surface area contributed by atoms with Crippen molar-refractivity contribution in [3.63, 3.8) is 0 Å². The topological polar surface area (TPSA) is 36.8 Å². The van der Waals surface area contributed by atoms with Gasteiger partial charge in [0.2, 0.25) is 0 Å². The number of nitrogens with zero attached hydrogens (tertiary/aromatic N) is 1. The maximum Gasteiger partial charge on any atom is 0.282 e. The van der Waals surface area contributed by atoms with Gasteiger partial charge in [-0.1, -0.05) is 32.0 Å². The lowest BCUT2D eigenvalue weighted by Gasteiger charge is -2.36. The Morgan fingerprint density at radius 1 is 1.04 bits per heavy atom. The number of rotatable bonds is 5. The lowest BCUT2D eigenvalue weighted by molar-refractivity contribution is -0.914. The van der Waals surface area contributed by atoms with Crippen LogP contribution < -0.4 is 15.1 Å². The molecule has 1 aliphatic heterocycles. The summed E-state index contributed by atoms with van der Waals surface area (Å²) >= 11 is 0. The van der Waals surface area contributed by atoms with Gasteiger partial charge in [0, 0.05) is 11.4 Å². The highest BCUT2D eigenvalue weighted by Gasteiger charge is 2.29. The highest BCUT2D eigenvalue weighted by atomic mass is 19.1. The standard InChI is InChI=1S/C22H28FN3O/c1-16(2)20-6-4-5-7-21(20)24-22(27)17(3)25-12-14-26(15-13-25)19-10-8-18(23)9-11-19/h4-11,16-17H,12-15H2,1-3H3,(H,24,27)/p+1/t17-/m0/s1. The summed E-state index contributed by atoms with van der Waals surface area (Å²) in [5.41, 5.74) is 3.11. The quantitative estimate of drug-likeness (QED) is 0.849. The molecule has 5 heteroatoms. The zero-order valence-electron chi connectivity index (χ0n) is 16.3. The molecule has 0 aliphatic carbocycles. The van der Waals surface area contributed by atoms with Gasteiger partial charge >= 0.3 is 0 Å². The molecule has 2 aromatic carbocycles. The fourth-order valence-electron chi connectivity index (χ4n) is 3.68. The molecule has 0 spiro atoms. The summed E-state index contributed by atoms with van der Waals surface area (Å²) in [7, 11) is 0. The number of halogens is 1. The van der Waals surface area contributed by atoms with Crippen LogP contribution in [-0.2, 0) is 4.79 Å². The lowest BCUT2D eigenvalue weighted by atomic mass is 10.0. The van der Waals surface area contributed by atoms with Crippen molar-refractivity contribution in [3.05, 3.63) is 59.9 Å². The fraction of sp³-hybridized carbons (Fsp3) is 0.409. The van der Waals surface area contributed by atoms with E-state index in [0.29, 0.717) is 5.92 Å². The molecular formula is C22H29FN3O+. The van der Waals surface area contributed by atoms with Crippen molar-refractivity contribution in [1.29, 1.82) is 0 Å². The van der Waals surface area contributed by atoms with Gasteiger partial charge < -0.3 is 15.1 Å². The van der Waals surface area contributed by atoms with E-state index in [1.165, 1.54) is 17.0 Å². The van der Waals surface area contributed by atoms with Crippen molar-refractivity contribution in [1.82, 2.24) is 0 Å². The molecule has 0 aromatic heterocycles. The van der Waals surface area contributed by atoms with Crippen molar-refractivity contribution in [2.24, 2.45) is 0 Å². The molecule has 0 unspecified atom stereocenters. The SMILES string of the molecule is CC(C)c1ccccc1NC(=O)[C@H](C)[NH+]1CCN(c2ccc(F)cc2)CC1. The van der Waals surface area contributed by atoms with E-state index >= 15 is 0 Å². The third kappa shape index (κ3) is 4.66. The molecule has 144 valence electrons. The van der Waals surface area contributed by atoms with E-state index in [4.69, 9.17) is 0 Å². The first-order chi connectivity index (χ1) is 13.0. The van der Waals surface area contributed by atoms with E-state index in [0.717, 1.165) is 43.1 Å². The predicted octanol–water partition coefficient (Wildman–Crippen LogP) is 2.68. The maximum atomic E-state index is 13.1. The molecule has 1 saturated heterocycles. The average Bonchev–Trinajstić information content (AvgIpc) is 2.68. The van der Waals surface area contributed by atoms with Gasteiger partial charge in [0.15, 0.2) is 6.04 Å². The van der Waals surface area contributed by atoms with Crippen LogP contribution in [0.5, 0.6) is 0 Å². The second-order valence-corrected chi connectivity index (χ2v) is 7.57. The Labute approximate surface area is 161 Å². The summed E-state index contributed by atoms with van der Waals surface area (Å²) in [4.78, 5) is 16.3. The predicted molar refractivity (Wildman–Crippen MR) is 108 cm³/mol. The molecule has 2 N–H and O–H groups in total. The molecule has 4 nitrogen and oxygen atoms in total. The van der Waals surface area contributed by atoms with E-state index in [-0.39, 0.29) is 17.8 Å². The third-order valence-electron chi connectivity index (χ3n) is 5.44. The van der Waals surface area contributed by atoms with Crippen molar-refractivity contribution in [2.75, 3.05) is 36.4 Å². The highest BCUT2D eigenvalue weighted by molar-refractivity contribution is 5.94. The molecule has 1 amide bonds. The number of carbonyl (C=O) groups is 1. The minimum Gasteiger partial charge on any atom is -0.360 e. The Morgan fingerprint density at radius 2 is 1.67 bits per heavy atom. The summed E-state index contributed by atoms with van der Waals surface area (Å²) in [5.74, 6) is 0.215. The summed E-state index contributed by atoms with van der Waals surface area (Å²) in [6.07, 6.45) is 0. The van der Waals surface area contributed by atoms with Crippen LogP contribution >= 0.6 is 0 Å². The zero-order chi connectivity index (χ0) is 19.4. The summed E-state index contributed by atoms with van der Waals surface area (Å²) < 4.78 is 13.1. The molecule has 2 aromatic rings. The second-order valence-electron chi connectivity index (χ2n) is 7.57. The van der Waals surface area contributed by atoms with Crippen molar-refractivity contribution < 1.29 is 14.1 Å². The zero-order valence-corrected chi connectivity index (χ0v) is 16.3. The van der Waals surface area contributed by atoms with Gasteiger partial charge in [-0.05, 0) is 48.7 Å². The average molecular weight is 370 g/mol. The van der Waals surface area contributed by atoms with Crippen LogP contribution in [0.2, 0.25) is 0 Å². The number of piperazine rings is 1. The van der Waals surface area contributed by atoms with Crippen molar-refractivity contribution in [3.8, 4) is 0 Å². The number of para-hydroxylation sites is 1. The van der Waals surface area contributed by atoms with Gasteiger partial charge in [-0.15, -0.1) is 0 Å². The van der Waals surface area contributed by atoms with Crippen molar-refractivity contribution in [2.45, 2.75) is 32.7 Å². The van der Waals surface area contributed by atoms with Gasteiger partial charge in [0.05, 0.1) is 26.2 Å². The molecule has 1 aliphatic rings. The number of carbonyl (C=O) groups excluding carboxylic acids is 1.